The van der Waals surface area contributed by atoms with Crippen molar-refractivity contribution < 1.29 is 50.8 Å². The third kappa shape index (κ3) is 9.28. The average molecular weight is 711 g/mol. The van der Waals surface area contributed by atoms with Gasteiger partial charge in [0.25, 0.3) is 0 Å². The summed E-state index contributed by atoms with van der Waals surface area (Å²) in [6, 6.07) is 19.9. The minimum Gasteiger partial charge on any atom is -0.435 e. The fourth-order valence-corrected chi connectivity index (χ4v) is 8.42. The Morgan fingerprint density at radius 3 is 1.77 bits per heavy atom. The normalized spacial score (nSPS) is 15.3. The SMILES string of the molecule is Cc1cc(C(O)C(=O)c2cccc(F)c2)ccc1OC(F)F.Cc1cc(C(O)C2(c3cccc(F)c3)SCCCS2)ccc1OC(F)F. The van der Waals surface area contributed by atoms with Crippen LogP contribution in [0.2, 0.25) is 0 Å². The fraction of sp³-hybridized carbons (Fsp3) is 0.286. The van der Waals surface area contributed by atoms with Gasteiger partial charge in [-0.3, -0.25) is 4.79 Å². The number of carbonyl (C=O) groups excluding carboxylic acids is 1. The number of aliphatic hydroxyl groups is 2. The highest BCUT2D eigenvalue weighted by Gasteiger charge is 2.43. The average Bonchev–Trinajstić information content (AvgIpc) is 3.06. The Morgan fingerprint density at radius 1 is 0.729 bits per heavy atom. The molecule has 0 aromatic heterocycles. The Morgan fingerprint density at radius 2 is 1.25 bits per heavy atom. The second-order valence-electron chi connectivity index (χ2n) is 10.7. The number of alkyl halides is 4. The molecule has 1 saturated heterocycles. The van der Waals surface area contributed by atoms with Crippen LogP contribution < -0.4 is 9.47 Å². The third-order valence-electron chi connectivity index (χ3n) is 7.33. The Kier molecular flexibility index (Phi) is 12.9. The fourth-order valence-electron chi connectivity index (χ4n) is 5.05. The summed E-state index contributed by atoms with van der Waals surface area (Å²) in [4.78, 5) is 12.1. The predicted octanol–water partition coefficient (Wildman–Crippen LogP) is 9.14. The summed E-state index contributed by atoms with van der Waals surface area (Å²) in [5.74, 6) is 0.135. The van der Waals surface area contributed by atoms with Gasteiger partial charge in [0, 0.05) is 5.56 Å². The molecule has 5 rings (SSSR count). The Hall–Kier alpha value is -3.65. The number of benzene rings is 4. The number of ether oxygens (including phenoxy) is 2. The number of aliphatic hydroxyl groups excluding tert-OH is 2. The van der Waals surface area contributed by atoms with Crippen LogP contribution in [0.25, 0.3) is 0 Å². The number of carbonyl (C=O) groups is 1. The van der Waals surface area contributed by atoms with Gasteiger partial charge in [-0.15, -0.1) is 23.5 Å². The molecule has 1 fully saturated rings. The molecule has 0 spiro atoms. The van der Waals surface area contributed by atoms with Crippen molar-refractivity contribution in [2.75, 3.05) is 11.5 Å². The number of ketones is 1. The number of aryl methyl sites for hydroxylation is 2. The van der Waals surface area contributed by atoms with E-state index >= 15 is 0 Å². The van der Waals surface area contributed by atoms with Gasteiger partial charge in [0.05, 0.1) is 0 Å². The number of halogens is 6. The van der Waals surface area contributed by atoms with E-state index in [9.17, 15) is 41.4 Å². The van der Waals surface area contributed by atoms with Crippen molar-refractivity contribution in [3.63, 3.8) is 0 Å². The summed E-state index contributed by atoms with van der Waals surface area (Å²) in [5, 5.41) is 21.3. The highest BCUT2D eigenvalue weighted by Crippen LogP contribution is 2.57. The molecule has 2 N–H and O–H groups in total. The van der Waals surface area contributed by atoms with E-state index in [-0.39, 0.29) is 28.4 Å². The van der Waals surface area contributed by atoms with Crippen molar-refractivity contribution in [2.24, 2.45) is 0 Å². The van der Waals surface area contributed by atoms with Gasteiger partial charge in [-0.25, -0.2) is 8.78 Å². The largest absolute Gasteiger partial charge is 0.435 e. The lowest BCUT2D eigenvalue weighted by Crippen LogP contribution is -2.30. The molecule has 4 aromatic rings. The smallest absolute Gasteiger partial charge is 0.387 e. The molecule has 256 valence electrons. The van der Waals surface area contributed by atoms with Crippen LogP contribution in [0.4, 0.5) is 26.3 Å². The zero-order valence-electron chi connectivity index (χ0n) is 25.7. The maximum Gasteiger partial charge on any atom is 0.387 e. The summed E-state index contributed by atoms with van der Waals surface area (Å²) in [6.45, 7) is -2.68. The second-order valence-corrected chi connectivity index (χ2v) is 13.7. The summed E-state index contributed by atoms with van der Waals surface area (Å²) < 4.78 is 84.2. The minimum atomic E-state index is -2.96. The van der Waals surface area contributed by atoms with Gasteiger partial charge in [-0.05, 0) is 108 Å². The Balaban J connectivity index is 0.000000220. The Bertz CT molecular complexity index is 1700. The maximum absolute atomic E-state index is 13.8. The van der Waals surface area contributed by atoms with Crippen LogP contribution in [0.3, 0.4) is 0 Å². The first-order chi connectivity index (χ1) is 22.8. The van der Waals surface area contributed by atoms with Gasteiger partial charge in [-0.1, -0.05) is 36.4 Å². The minimum absolute atomic E-state index is 0.0260. The van der Waals surface area contributed by atoms with Gasteiger partial charge >= 0.3 is 13.2 Å². The van der Waals surface area contributed by atoms with E-state index in [0.717, 1.165) is 24.0 Å². The van der Waals surface area contributed by atoms with Gasteiger partial charge in [0.1, 0.15) is 39.4 Å². The van der Waals surface area contributed by atoms with Gasteiger partial charge in [0.15, 0.2) is 5.78 Å². The van der Waals surface area contributed by atoms with Crippen molar-refractivity contribution in [2.45, 2.75) is 49.8 Å². The van der Waals surface area contributed by atoms with Crippen LogP contribution in [0.5, 0.6) is 11.5 Å². The molecule has 2 unspecified atom stereocenters. The molecule has 1 heterocycles. The van der Waals surface area contributed by atoms with Crippen molar-refractivity contribution in [3.05, 3.63) is 130 Å². The van der Waals surface area contributed by atoms with E-state index in [1.165, 1.54) is 61.5 Å². The van der Waals surface area contributed by atoms with Gasteiger partial charge in [0.2, 0.25) is 0 Å². The molecule has 0 aliphatic carbocycles. The highest BCUT2D eigenvalue weighted by molar-refractivity contribution is 8.18. The number of hydrogen-bond donors (Lipinski definition) is 2. The molecule has 0 saturated carbocycles. The summed E-state index contributed by atoms with van der Waals surface area (Å²) in [7, 11) is 0. The zero-order chi connectivity index (χ0) is 35.0. The summed E-state index contributed by atoms with van der Waals surface area (Å²) >= 11 is 3.18. The quantitative estimate of drug-likeness (QED) is 0.126. The van der Waals surface area contributed by atoms with Crippen molar-refractivity contribution in [1.29, 1.82) is 0 Å². The number of Topliss-reactive ketones (excluding diaryl/α,β-unsaturated/α-hetero) is 1. The molecule has 0 amide bonds. The van der Waals surface area contributed by atoms with Gasteiger partial charge in [-0.2, -0.15) is 17.6 Å². The summed E-state index contributed by atoms with van der Waals surface area (Å²) in [6.07, 6.45) is -1.42. The van der Waals surface area contributed by atoms with Crippen LogP contribution in [-0.2, 0) is 4.08 Å². The van der Waals surface area contributed by atoms with E-state index < -0.39 is 41.1 Å². The molecule has 5 nitrogen and oxygen atoms in total. The van der Waals surface area contributed by atoms with Crippen molar-refractivity contribution >= 4 is 29.3 Å². The lowest BCUT2D eigenvalue weighted by molar-refractivity contribution is -0.0509. The van der Waals surface area contributed by atoms with Crippen LogP contribution in [0.15, 0.2) is 84.9 Å². The number of hydrogen-bond acceptors (Lipinski definition) is 7. The molecular formula is C35H32F6O5S2. The molecule has 4 aromatic carbocycles. The first kappa shape index (κ1) is 37.2. The lowest BCUT2D eigenvalue weighted by Gasteiger charge is -2.40. The predicted molar refractivity (Wildman–Crippen MR) is 174 cm³/mol. The first-order valence-corrected chi connectivity index (χ1v) is 16.6. The van der Waals surface area contributed by atoms with E-state index in [0.29, 0.717) is 22.3 Å². The van der Waals surface area contributed by atoms with E-state index in [2.05, 4.69) is 9.47 Å². The molecular weight excluding hydrogens is 679 g/mol. The first-order valence-electron chi connectivity index (χ1n) is 14.6. The zero-order valence-corrected chi connectivity index (χ0v) is 27.4. The highest BCUT2D eigenvalue weighted by atomic mass is 32.2. The van der Waals surface area contributed by atoms with E-state index in [1.807, 2.05) is 6.07 Å². The monoisotopic (exact) mass is 710 g/mol. The van der Waals surface area contributed by atoms with Crippen LogP contribution >= 0.6 is 23.5 Å². The third-order valence-corrected chi connectivity index (χ3v) is 10.8. The lowest BCUT2D eigenvalue weighted by atomic mass is 9.98. The van der Waals surface area contributed by atoms with Crippen molar-refractivity contribution in [1.82, 2.24) is 0 Å². The maximum atomic E-state index is 13.8. The van der Waals surface area contributed by atoms with Crippen LogP contribution in [0, 0.1) is 25.5 Å². The molecule has 0 bridgehead atoms. The standard InChI is InChI=1S/C19H19F3O2S2.C16H13F3O3/c1-12-10-13(6-7-16(12)24-18(21)22)17(23)19(25-8-3-9-26-19)14-4-2-5-15(20)11-14;1-9-7-11(5-6-13(9)22-16(18)19)15(21)14(20)10-3-2-4-12(17)8-10/h2,4-7,10-11,17-18,23H,3,8-9H2,1H3;2-8,15-16,21H,1H3. The molecule has 1 aliphatic rings. The topological polar surface area (TPSA) is 76.0 Å². The molecule has 48 heavy (non-hydrogen) atoms. The Labute approximate surface area is 282 Å². The van der Waals surface area contributed by atoms with Crippen LogP contribution in [0.1, 0.15) is 56.8 Å². The second kappa shape index (κ2) is 16.6. The number of thioether (sulfide) groups is 2. The molecule has 13 heteroatoms. The summed E-state index contributed by atoms with van der Waals surface area (Å²) in [5.41, 5.74) is 2.41. The van der Waals surface area contributed by atoms with E-state index in [1.54, 1.807) is 48.6 Å². The van der Waals surface area contributed by atoms with E-state index in [4.69, 9.17) is 0 Å². The molecule has 1 aliphatic heterocycles. The van der Waals surface area contributed by atoms with Crippen molar-refractivity contribution in [3.8, 4) is 11.5 Å². The number of rotatable bonds is 10. The molecule has 0 radical (unpaired) electrons. The van der Waals surface area contributed by atoms with Gasteiger partial charge < -0.3 is 19.7 Å². The van der Waals surface area contributed by atoms with Crippen LogP contribution in [-0.4, -0.2) is 40.7 Å². The molecule has 2 atom stereocenters.